The van der Waals surface area contributed by atoms with Crippen LogP contribution in [-0.4, -0.2) is 24.7 Å². The van der Waals surface area contributed by atoms with Crippen LogP contribution in [0.5, 0.6) is 0 Å². The van der Waals surface area contributed by atoms with Crippen LogP contribution in [0.25, 0.3) is 16.7 Å². The summed E-state index contributed by atoms with van der Waals surface area (Å²) in [5, 5.41) is 7.08. The Labute approximate surface area is 163 Å². The van der Waals surface area contributed by atoms with Gasteiger partial charge in [0.1, 0.15) is 6.33 Å². The molecule has 0 atom stereocenters. The number of fused-ring (bicyclic) bond motifs is 1. The molecule has 2 aromatic heterocycles. The number of thioether (sulfide) groups is 1. The third-order valence-electron chi connectivity index (χ3n) is 3.71. The van der Waals surface area contributed by atoms with E-state index in [2.05, 4.69) is 20.1 Å². The Morgan fingerprint density at radius 3 is 2.77 bits per heavy atom. The molecule has 9 heteroatoms. The van der Waals surface area contributed by atoms with Crippen molar-refractivity contribution in [1.82, 2.24) is 24.7 Å². The highest BCUT2D eigenvalue weighted by Gasteiger charge is 2.14. The normalized spacial score (nSPS) is 11.2. The van der Waals surface area contributed by atoms with Crippen LogP contribution < -0.4 is 5.73 Å². The third-order valence-corrected chi connectivity index (χ3v) is 5.18. The van der Waals surface area contributed by atoms with Crippen molar-refractivity contribution < 1.29 is 0 Å². The Hall–Kier alpha value is -2.35. The second-order valence-corrected chi connectivity index (χ2v) is 7.19. The molecule has 0 amide bonds. The minimum atomic E-state index is 0.263. The smallest absolute Gasteiger partial charge is 0.225 e. The van der Waals surface area contributed by atoms with Gasteiger partial charge in [-0.1, -0.05) is 53.2 Å². The number of anilines is 1. The van der Waals surface area contributed by atoms with Crippen molar-refractivity contribution in [3.63, 3.8) is 0 Å². The van der Waals surface area contributed by atoms with E-state index in [1.54, 1.807) is 12.1 Å². The maximum atomic E-state index is 6.21. The molecule has 4 rings (SSSR count). The SMILES string of the molecule is Nc1nc(SCc2ccc(Cl)cc2Cl)nn1-c1ncnc2ccccc12. The van der Waals surface area contributed by atoms with Gasteiger partial charge in [-0.15, -0.1) is 5.10 Å². The highest BCUT2D eigenvalue weighted by Crippen LogP contribution is 2.28. The first kappa shape index (κ1) is 17.1. The van der Waals surface area contributed by atoms with Gasteiger partial charge in [-0.2, -0.15) is 9.67 Å². The Kier molecular flexibility index (Phi) is 4.67. The highest BCUT2D eigenvalue weighted by molar-refractivity contribution is 7.98. The summed E-state index contributed by atoms with van der Waals surface area (Å²) < 4.78 is 1.52. The molecule has 0 unspecified atom stereocenters. The first-order chi connectivity index (χ1) is 12.6. The van der Waals surface area contributed by atoms with Gasteiger partial charge in [0, 0.05) is 21.2 Å². The molecule has 0 saturated heterocycles. The zero-order chi connectivity index (χ0) is 18.1. The average Bonchev–Trinajstić information content (AvgIpc) is 3.01. The number of nitrogens with zero attached hydrogens (tertiary/aromatic N) is 5. The number of para-hydroxylation sites is 1. The molecule has 0 saturated carbocycles. The summed E-state index contributed by atoms with van der Waals surface area (Å²) in [5.74, 6) is 1.46. The standard InChI is InChI=1S/C17H12Cl2N6S/c18-11-6-5-10(13(19)7-11)8-26-17-23-16(20)25(24-17)15-12-3-1-2-4-14(12)21-9-22-15/h1-7,9H,8H2,(H2,20,23,24). The quantitative estimate of drug-likeness (QED) is 0.509. The zero-order valence-corrected chi connectivity index (χ0v) is 15.6. The van der Waals surface area contributed by atoms with E-state index in [0.29, 0.717) is 26.8 Å². The summed E-state index contributed by atoms with van der Waals surface area (Å²) in [6.45, 7) is 0. The van der Waals surface area contributed by atoms with Crippen molar-refractivity contribution in [3.05, 3.63) is 64.4 Å². The monoisotopic (exact) mass is 402 g/mol. The molecular weight excluding hydrogens is 391 g/mol. The number of aromatic nitrogens is 5. The molecule has 0 aliphatic carbocycles. The number of nitrogen functional groups attached to an aromatic ring is 1. The van der Waals surface area contributed by atoms with Crippen LogP contribution >= 0.6 is 35.0 Å². The maximum Gasteiger partial charge on any atom is 0.225 e. The van der Waals surface area contributed by atoms with E-state index in [1.165, 1.54) is 22.8 Å². The Balaban J connectivity index is 1.63. The predicted octanol–water partition coefficient (Wildman–Crippen LogP) is 4.39. The molecule has 4 aromatic rings. The summed E-state index contributed by atoms with van der Waals surface area (Å²) in [5.41, 5.74) is 7.82. The van der Waals surface area contributed by atoms with E-state index in [1.807, 2.05) is 30.3 Å². The van der Waals surface area contributed by atoms with Gasteiger partial charge in [-0.25, -0.2) is 9.97 Å². The van der Waals surface area contributed by atoms with E-state index < -0.39 is 0 Å². The fraction of sp³-hybridized carbons (Fsp3) is 0.0588. The third kappa shape index (κ3) is 3.33. The lowest BCUT2D eigenvalue weighted by Gasteiger charge is -2.05. The van der Waals surface area contributed by atoms with Crippen molar-refractivity contribution in [2.45, 2.75) is 10.9 Å². The fourth-order valence-corrected chi connectivity index (χ4v) is 3.85. The van der Waals surface area contributed by atoms with Gasteiger partial charge in [0.05, 0.1) is 5.52 Å². The van der Waals surface area contributed by atoms with Crippen molar-refractivity contribution in [2.24, 2.45) is 0 Å². The summed E-state index contributed by atoms with van der Waals surface area (Å²) in [6, 6.07) is 13.1. The minimum absolute atomic E-state index is 0.263. The van der Waals surface area contributed by atoms with Gasteiger partial charge >= 0.3 is 0 Å². The fourth-order valence-electron chi connectivity index (χ4n) is 2.46. The number of benzene rings is 2. The number of hydrogen-bond acceptors (Lipinski definition) is 6. The molecule has 0 bridgehead atoms. The number of halogens is 2. The second kappa shape index (κ2) is 7.11. The first-order valence-electron chi connectivity index (χ1n) is 7.61. The molecule has 130 valence electrons. The first-order valence-corrected chi connectivity index (χ1v) is 9.35. The molecular formula is C17H12Cl2N6S. The van der Waals surface area contributed by atoms with Crippen molar-refractivity contribution in [2.75, 3.05) is 5.73 Å². The summed E-state index contributed by atoms with van der Waals surface area (Å²) in [4.78, 5) is 12.9. The molecule has 0 radical (unpaired) electrons. The van der Waals surface area contributed by atoms with Gasteiger partial charge in [0.2, 0.25) is 11.1 Å². The van der Waals surface area contributed by atoms with Gasteiger partial charge in [-0.05, 0) is 29.8 Å². The molecule has 26 heavy (non-hydrogen) atoms. The second-order valence-electron chi connectivity index (χ2n) is 5.40. The van der Waals surface area contributed by atoms with Crippen LogP contribution in [-0.2, 0) is 5.75 Å². The molecule has 0 fully saturated rings. The Morgan fingerprint density at radius 1 is 1.08 bits per heavy atom. The molecule has 0 aliphatic heterocycles. The largest absolute Gasteiger partial charge is 0.368 e. The lowest BCUT2D eigenvalue weighted by Crippen LogP contribution is -2.05. The molecule has 2 aromatic carbocycles. The molecule has 0 aliphatic rings. The summed E-state index contributed by atoms with van der Waals surface area (Å²) in [6.07, 6.45) is 1.49. The predicted molar refractivity (Wildman–Crippen MR) is 105 cm³/mol. The van der Waals surface area contributed by atoms with Crippen LogP contribution in [0.15, 0.2) is 53.9 Å². The molecule has 2 N–H and O–H groups in total. The van der Waals surface area contributed by atoms with E-state index in [4.69, 9.17) is 28.9 Å². The zero-order valence-electron chi connectivity index (χ0n) is 13.3. The summed E-state index contributed by atoms with van der Waals surface area (Å²) >= 11 is 13.6. The topological polar surface area (TPSA) is 82.5 Å². The van der Waals surface area contributed by atoms with E-state index in [-0.39, 0.29) is 5.95 Å². The van der Waals surface area contributed by atoms with Crippen LogP contribution in [0.4, 0.5) is 5.95 Å². The van der Waals surface area contributed by atoms with Gasteiger partial charge < -0.3 is 5.73 Å². The van der Waals surface area contributed by atoms with Crippen molar-refractivity contribution >= 4 is 51.8 Å². The van der Waals surface area contributed by atoms with Crippen molar-refractivity contribution in [3.8, 4) is 5.82 Å². The molecule has 0 spiro atoms. The van der Waals surface area contributed by atoms with Gasteiger partial charge in [-0.3, -0.25) is 0 Å². The molecule has 2 heterocycles. The summed E-state index contributed by atoms with van der Waals surface area (Å²) in [7, 11) is 0. The van der Waals surface area contributed by atoms with Crippen LogP contribution in [0.2, 0.25) is 10.0 Å². The highest BCUT2D eigenvalue weighted by atomic mass is 35.5. The van der Waals surface area contributed by atoms with Crippen LogP contribution in [0.3, 0.4) is 0 Å². The van der Waals surface area contributed by atoms with E-state index in [0.717, 1.165) is 16.5 Å². The average molecular weight is 403 g/mol. The Bertz CT molecular complexity index is 1090. The van der Waals surface area contributed by atoms with Crippen molar-refractivity contribution in [1.29, 1.82) is 0 Å². The van der Waals surface area contributed by atoms with Gasteiger partial charge in [0.15, 0.2) is 5.82 Å². The lowest BCUT2D eigenvalue weighted by atomic mass is 10.2. The van der Waals surface area contributed by atoms with Crippen LogP contribution in [0, 0.1) is 0 Å². The number of nitrogens with two attached hydrogens (primary N) is 1. The van der Waals surface area contributed by atoms with E-state index >= 15 is 0 Å². The number of rotatable bonds is 4. The Morgan fingerprint density at radius 2 is 1.92 bits per heavy atom. The number of hydrogen-bond donors (Lipinski definition) is 1. The van der Waals surface area contributed by atoms with Crippen LogP contribution in [0.1, 0.15) is 5.56 Å². The van der Waals surface area contributed by atoms with E-state index in [9.17, 15) is 0 Å². The minimum Gasteiger partial charge on any atom is -0.368 e. The molecule has 6 nitrogen and oxygen atoms in total. The maximum absolute atomic E-state index is 6.21. The lowest BCUT2D eigenvalue weighted by molar-refractivity contribution is 0.819. The van der Waals surface area contributed by atoms with Gasteiger partial charge in [0.25, 0.3) is 0 Å².